The Bertz CT molecular complexity index is 2920. The number of hydrogen-bond donors (Lipinski definition) is 12. The third-order valence-electron chi connectivity index (χ3n) is 13.9. The van der Waals surface area contributed by atoms with Crippen LogP contribution in [-0.2, 0) is 52.8 Å². The van der Waals surface area contributed by atoms with E-state index in [-0.39, 0.29) is 43.9 Å². The maximum Gasteiger partial charge on any atom is 0.326 e. The van der Waals surface area contributed by atoms with E-state index < -0.39 is 89.6 Å². The molecule has 8 atom stereocenters. The van der Waals surface area contributed by atoms with Crippen LogP contribution >= 0.6 is 0 Å². The Balaban J connectivity index is 1.22. The molecule has 14 N–H and O–H groups in total. The number of carbonyl (C=O) groups is 7. The number of unbranched alkanes of at least 4 members (excludes halogenated alkanes) is 1. The maximum atomic E-state index is 14.7. The van der Waals surface area contributed by atoms with Crippen molar-refractivity contribution < 1.29 is 38.7 Å². The van der Waals surface area contributed by atoms with Gasteiger partial charge in [-0.2, -0.15) is 0 Å². The first-order chi connectivity index (χ1) is 35.9. The van der Waals surface area contributed by atoms with Crippen LogP contribution in [0, 0.1) is 17.8 Å². The van der Waals surface area contributed by atoms with Crippen molar-refractivity contribution in [1.29, 1.82) is 0 Å². The van der Waals surface area contributed by atoms with Crippen LogP contribution in [0.3, 0.4) is 0 Å². The smallest absolute Gasteiger partial charge is 0.326 e. The average molecular weight is 1030 g/mol. The minimum Gasteiger partial charge on any atom is -0.480 e. The number of hydrogen-bond acceptors (Lipinski definition) is 9. The monoisotopic (exact) mass is 1030 g/mol. The molecule has 3 aromatic heterocycles. The van der Waals surface area contributed by atoms with Crippen molar-refractivity contribution in [2.24, 2.45) is 29.2 Å². The van der Waals surface area contributed by atoms with Gasteiger partial charge in [-0.25, -0.2) is 4.79 Å². The number of aromatic amines is 3. The van der Waals surface area contributed by atoms with Gasteiger partial charge in [0, 0.05) is 64.1 Å². The second-order valence-corrected chi connectivity index (χ2v) is 20.4. The highest BCUT2D eigenvalue weighted by Crippen LogP contribution is 2.23. The molecule has 0 aliphatic heterocycles. The van der Waals surface area contributed by atoms with Gasteiger partial charge >= 0.3 is 5.97 Å². The molecule has 19 nitrogen and oxygen atoms in total. The van der Waals surface area contributed by atoms with Crippen LogP contribution in [0.1, 0.15) is 90.3 Å². The van der Waals surface area contributed by atoms with Gasteiger partial charge in [0.25, 0.3) is 0 Å². The number of amides is 6. The van der Waals surface area contributed by atoms with E-state index in [0.717, 1.165) is 38.3 Å². The highest BCUT2D eigenvalue weighted by Gasteiger charge is 2.36. The fourth-order valence-corrected chi connectivity index (χ4v) is 9.36. The molecule has 0 spiro atoms. The van der Waals surface area contributed by atoms with Gasteiger partial charge in [-0.05, 0) is 91.3 Å². The zero-order valence-corrected chi connectivity index (χ0v) is 43.8. The van der Waals surface area contributed by atoms with Crippen molar-refractivity contribution in [3.63, 3.8) is 0 Å². The van der Waals surface area contributed by atoms with Crippen molar-refractivity contribution >= 4 is 74.1 Å². The molecule has 0 aliphatic carbocycles. The Hall–Kier alpha value is -7.51. The summed E-state index contributed by atoms with van der Waals surface area (Å²) in [5.74, 6) is -6.21. The quantitative estimate of drug-likeness (QED) is 0.0308. The fraction of sp³-hybridized carbons (Fsp3) is 0.446. The van der Waals surface area contributed by atoms with Gasteiger partial charge in [0.1, 0.15) is 36.3 Å². The van der Waals surface area contributed by atoms with Gasteiger partial charge in [-0.1, -0.05) is 103 Å². The van der Waals surface area contributed by atoms with Gasteiger partial charge in [-0.15, -0.1) is 0 Å². The summed E-state index contributed by atoms with van der Waals surface area (Å²) in [6.45, 7) is 11.3. The van der Waals surface area contributed by atoms with E-state index in [1.54, 1.807) is 26.2 Å². The molecular formula is C56H75N11O8. The van der Waals surface area contributed by atoms with Crippen molar-refractivity contribution in [3.8, 4) is 0 Å². The zero-order chi connectivity index (χ0) is 54.3. The van der Waals surface area contributed by atoms with Crippen molar-refractivity contribution in [2.45, 2.75) is 135 Å². The molecule has 6 aromatic rings. The number of rotatable bonds is 28. The van der Waals surface area contributed by atoms with Crippen LogP contribution in [0.25, 0.3) is 32.7 Å². The van der Waals surface area contributed by atoms with E-state index >= 15 is 0 Å². The largest absolute Gasteiger partial charge is 0.480 e. The first-order valence-corrected chi connectivity index (χ1v) is 26.0. The lowest BCUT2D eigenvalue weighted by atomic mass is 9.96. The number of aliphatic carboxylic acids is 1. The number of carbonyl (C=O) groups excluding carboxylic acids is 6. The zero-order valence-electron chi connectivity index (χ0n) is 43.8. The van der Waals surface area contributed by atoms with Crippen LogP contribution in [0.4, 0.5) is 0 Å². The van der Waals surface area contributed by atoms with Gasteiger partial charge in [0.05, 0.1) is 6.04 Å². The predicted molar refractivity (Wildman–Crippen MR) is 290 cm³/mol. The maximum absolute atomic E-state index is 14.7. The Kier molecular flexibility index (Phi) is 20.2. The molecule has 6 rings (SSSR count). The fourth-order valence-electron chi connectivity index (χ4n) is 9.36. The highest BCUT2D eigenvalue weighted by molar-refractivity contribution is 5.98. The summed E-state index contributed by atoms with van der Waals surface area (Å²) in [7, 11) is 0. The number of fused-ring (bicyclic) bond motifs is 3. The molecule has 0 radical (unpaired) electrons. The summed E-state index contributed by atoms with van der Waals surface area (Å²) >= 11 is 0. The van der Waals surface area contributed by atoms with Gasteiger partial charge in [-0.3, -0.25) is 28.8 Å². The van der Waals surface area contributed by atoms with Gasteiger partial charge in [0.2, 0.25) is 35.4 Å². The van der Waals surface area contributed by atoms with Crippen LogP contribution in [0.15, 0.2) is 91.4 Å². The SMILES string of the molecule is CC[C@H](C)[C@H](NC(=O)[C@@H](N)Cc1c[nH]c2ccccc12)C(=O)N[C@@H](Cc1c[nH]c2ccccc12)C(=O)N[C@H](C(=O)N[C@@H](CC(C)C)C(=O)N[C@@H](Cc1c[nH]c2ccccc12)C(=O)N[C@@H](CCCCN)C(=O)O)C(C)C. The van der Waals surface area contributed by atoms with Crippen molar-refractivity contribution in [2.75, 3.05) is 6.54 Å². The topological polar surface area (TPSA) is 311 Å². The number of benzene rings is 3. The predicted octanol–water partition coefficient (Wildman–Crippen LogP) is 4.36. The average Bonchev–Trinajstić information content (AvgIpc) is 4.12. The standard InChI is InChI=1S/C56H75N11O8/c1-7-33(6)49(67-50(68)40(58)25-34-28-59-41-19-11-8-16-37(34)41)55(73)65-47(27-36-30-61-43-21-13-10-18-39(36)43)53(71)66-48(32(4)5)54(72)64-45(24-31(2)3)51(69)63-46(26-35-29-60-42-20-12-9-17-38(35)42)52(70)62-44(56(74)75)22-14-15-23-57/h8-13,16-21,28-33,40,44-49,59-61H,7,14-15,22-27,57-58H2,1-6H3,(H,62,70)(H,63,69)(H,64,72)(H,65,73)(H,66,71)(H,67,68)(H,74,75)/t33-,40-,44-,45-,46-,47-,48-,49-/m0/s1. The van der Waals surface area contributed by atoms with E-state index in [2.05, 4.69) is 46.9 Å². The van der Waals surface area contributed by atoms with Crippen molar-refractivity contribution in [1.82, 2.24) is 46.9 Å². The Morgan fingerprint density at radius 1 is 0.520 bits per heavy atom. The normalized spacial score (nSPS) is 14.9. The van der Waals surface area contributed by atoms with E-state index in [4.69, 9.17) is 11.5 Å². The number of carboxylic acid groups (broad SMARTS) is 1. The molecule has 402 valence electrons. The van der Waals surface area contributed by atoms with E-state index in [0.29, 0.717) is 36.9 Å². The van der Waals surface area contributed by atoms with Crippen LogP contribution in [0.2, 0.25) is 0 Å². The van der Waals surface area contributed by atoms with E-state index in [9.17, 15) is 38.7 Å². The van der Waals surface area contributed by atoms with Crippen LogP contribution in [-0.4, -0.2) is 110 Å². The molecule has 0 saturated heterocycles. The Morgan fingerprint density at radius 3 is 1.40 bits per heavy atom. The molecule has 75 heavy (non-hydrogen) atoms. The molecule has 3 aromatic carbocycles. The second-order valence-electron chi connectivity index (χ2n) is 20.4. The van der Waals surface area contributed by atoms with E-state index in [1.165, 1.54) is 0 Å². The molecule has 0 fully saturated rings. The van der Waals surface area contributed by atoms with E-state index in [1.807, 2.05) is 107 Å². The minimum absolute atomic E-state index is 0.00326. The number of para-hydroxylation sites is 3. The second kappa shape index (κ2) is 26.6. The third kappa shape index (κ3) is 15.1. The Morgan fingerprint density at radius 2 is 0.933 bits per heavy atom. The lowest BCUT2D eigenvalue weighted by molar-refractivity contribution is -0.142. The lowest BCUT2D eigenvalue weighted by Gasteiger charge is -2.30. The number of H-pyrrole nitrogens is 3. The number of nitrogens with one attached hydrogen (secondary N) is 9. The first kappa shape index (κ1) is 56.8. The molecule has 0 bridgehead atoms. The summed E-state index contributed by atoms with van der Waals surface area (Å²) in [6.07, 6.45) is 7.29. The van der Waals surface area contributed by atoms with Gasteiger partial charge in [0.15, 0.2) is 0 Å². The van der Waals surface area contributed by atoms with Gasteiger partial charge < -0.3 is 63.4 Å². The Labute approximate surface area is 437 Å². The van der Waals surface area contributed by atoms with Crippen LogP contribution in [0.5, 0.6) is 0 Å². The summed E-state index contributed by atoms with van der Waals surface area (Å²) in [5.41, 5.74) is 16.9. The first-order valence-electron chi connectivity index (χ1n) is 26.0. The number of aromatic nitrogens is 3. The third-order valence-corrected chi connectivity index (χ3v) is 13.9. The molecule has 6 amide bonds. The minimum atomic E-state index is -1.26. The summed E-state index contributed by atoms with van der Waals surface area (Å²) in [6, 6.07) is 14.4. The number of carboxylic acids is 1. The molecule has 3 heterocycles. The lowest BCUT2D eigenvalue weighted by Crippen LogP contribution is -2.61. The number of nitrogens with two attached hydrogens (primary N) is 2. The molecule has 0 saturated carbocycles. The highest BCUT2D eigenvalue weighted by atomic mass is 16.4. The molecular weight excluding hydrogens is 955 g/mol. The molecule has 0 unspecified atom stereocenters. The molecule has 19 heteroatoms. The summed E-state index contributed by atoms with van der Waals surface area (Å²) < 4.78 is 0. The summed E-state index contributed by atoms with van der Waals surface area (Å²) in [4.78, 5) is 108. The molecule has 0 aliphatic rings. The van der Waals surface area contributed by atoms with Crippen LogP contribution < -0.4 is 43.4 Å². The van der Waals surface area contributed by atoms with Crippen molar-refractivity contribution in [3.05, 3.63) is 108 Å². The summed E-state index contributed by atoms with van der Waals surface area (Å²) in [5, 5.41) is 29.5.